The molecule has 7 nitrogen and oxygen atoms in total. The Hall–Kier alpha value is -1.25. The third kappa shape index (κ3) is 4.48. The van der Waals surface area contributed by atoms with Crippen LogP contribution in [0.5, 0.6) is 0 Å². The summed E-state index contributed by atoms with van der Waals surface area (Å²) in [5.41, 5.74) is 0. The second-order valence-corrected chi connectivity index (χ2v) is 8.04. The summed E-state index contributed by atoms with van der Waals surface area (Å²) >= 11 is 1.49. The van der Waals surface area contributed by atoms with E-state index in [1.54, 1.807) is 0 Å². The normalized spacial score (nSPS) is 25.7. The van der Waals surface area contributed by atoms with Crippen LogP contribution in [0.2, 0.25) is 0 Å². The molecule has 2 atom stereocenters. The van der Waals surface area contributed by atoms with Gasteiger partial charge in [-0.1, -0.05) is 18.3 Å². The zero-order chi connectivity index (χ0) is 17.8. The van der Waals surface area contributed by atoms with Crippen LogP contribution in [-0.2, 0) is 4.74 Å². The Morgan fingerprint density at radius 3 is 2.80 bits per heavy atom. The number of aromatic nitrogens is 2. The van der Waals surface area contributed by atoms with Crippen molar-refractivity contribution in [3.63, 3.8) is 0 Å². The lowest BCUT2D eigenvalue weighted by atomic mass is 9.97. The van der Waals surface area contributed by atoms with Crippen LogP contribution in [0.4, 0.5) is 9.93 Å². The van der Waals surface area contributed by atoms with Crippen molar-refractivity contribution in [2.45, 2.75) is 57.5 Å². The van der Waals surface area contributed by atoms with Crippen LogP contribution in [0, 0.1) is 0 Å². The molecule has 8 heteroatoms. The number of carbonyl (C=O) groups excluding carboxylic acids is 1. The van der Waals surface area contributed by atoms with Gasteiger partial charge in [-0.2, -0.15) is 0 Å². The highest BCUT2D eigenvalue weighted by atomic mass is 32.1. The first-order valence-electron chi connectivity index (χ1n) is 9.27. The SMILES string of the molecule is CCN1CCC(N(C)C(=O)Nc2nnc(C3CCOCC3)s2)CC1C. The molecular formula is C17H29N5O2S. The largest absolute Gasteiger partial charge is 0.381 e. The van der Waals surface area contributed by atoms with E-state index >= 15 is 0 Å². The van der Waals surface area contributed by atoms with Gasteiger partial charge in [-0.25, -0.2) is 4.79 Å². The maximum absolute atomic E-state index is 12.6. The number of likely N-dealkylation sites (tertiary alicyclic amines) is 1. The summed E-state index contributed by atoms with van der Waals surface area (Å²) in [6.07, 6.45) is 4.00. The third-order valence-corrected chi connectivity index (χ3v) is 6.49. The van der Waals surface area contributed by atoms with E-state index in [2.05, 4.69) is 34.3 Å². The molecule has 1 aromatic rings. The Balaban J connectivity index is 1.54. The van der Waals surface area contributed by atoms with Gasteiger partial charge in [0.05, 0.1) is 0 Å². The first-order valence-corrected chi connectivity index (χ1v) is 10.1. The molecule has 0 aliphatic carbocycles. The molecule has 2 amide bonds. The number of anilines is 1. The van der Waals surface area contributed by atoms with Gasteiger partial charge in [-0.15, -0.1) is 10.2 Å². The average molecular weight is 368 g/mol. The Morgan fingerprint density at radius 1 is 1.36 bits per heavy atom. The number of nitrogens with one attached hydrogen (secondary N) is 1. The molecule has 1 N–H and O–H groups in total. The molecule has 0 bridgehead atoms. The van der Waals surface area contributed by atoms with E-state index < -0.39 is 0 Å². The van der Waals surface area contributed by atoms with E-state index in [-0.39, 0.29) is 12.1 Å². The van der Waals surface area contributed by atoms with Crippen molar-refractivity contribution in [3.8, 4) is 0 Å². The van der Waals surface area contributed by atoms with Crippen molar-refractivity contribution >= 4 is 22.5 Å². The van der Waals surface area contributed by atoms with Crippen LogP contribution >= 0.6 is 11.3 Å². The smallest absolute Gasteiger partial charge is 0.323 e. The lowest BCUT2D eigenvalue weighted by molar-refractivity contribution is 0.0851. The van der Waals surface area contributed by atoms with Crippen LogP contribution in [0.15, 0.2) is 0 Å². The molecule has 140 valence electrons. The molecule has 3 heterocycles. The average Bonchev–Trinajstić information content (AvgIpc) is 3.10. The van der Waals surface area contributed by atoms with Gasteiger partial charge in [0, 0.05) is 44.8 Å². The van der Waals surface area contributed by atoms with Crippen LogP contribution in [-0.4, -0.2) is 71.5 Å². The molecule has 1 aromatic heterocycles. The van der Waals surface area contributed by atoms with Crippen molar-refractivity contribution in [2.24, 2.45) is 0 Å². The highest BCUT2D eigenvalue weighted by Gasteiger charge is 2.29. The number of carbonyl (C=O) groups is 1. The third-order valence-electron chi connectivity index (χ3n) is 5.49. The van der Waals surface area contributed by atoms with Crippen molar-refractivity contribution < 1.29 is 9.53 Å². The minimum atomic E-state index is -0.0863. The molecule has 0 spiro atoms. The van der Waals surface area contributed by atoms with Crippen molar-refractivity contribution in [1.29, 1.82) is 0 Å². The molecule has 25 heavy (non-hydrogen) atoms. The predicted molar refractivity (Wildman–Crippen MR) is 99.2 cm³/mol. The van der Waals surface area contributed by atoms with E-state index in [1.807, 2.05) is 11.9 Å². The quantitative estimate of drug-likeness (QED) is 0.886. The standard InChI is InChI=1S/C17H29N5O2S/c1-4-22-8-5-14(11-12(22)2)21(3)17(23)18-16-20-19-15(25-16)13-6-9-24-10-7-13/h12-14H,4-11H2,1-3H3,(H,18,20,23). The van der Waals surface area contributed by atoms with Crippen molar-refractivity contribution in [2.75, 3.05) is 38.7 Å². The second-order valence-electron chi connectivity index (χ2n) is 7.03. The van der Waals surface area contributed by atoms with Gasteiger partial charge in [0.2, 0.25) is 5.13 Å². The van der Waals surface area contributed by atoms with Gasteiger partial charge in [-0.3, -0.25) is 5.32 Å². The number of amides is 2. The maximum atomic E-state index is 12.6. The maximum Gasteiger partial charge on any atom is 0.323 e. The molecular weight excluding hydrogens is 338 g/mol. The van der Waals surface area contributed by atoms with E-state index in [9.17, 15) is 4.79 Å². The second kappa shape index (κ2) is 8.42. The number of hydrogen-bond acceptors (Lipinski definition) is 6. The fourth-order valence-corrected chi connectivity index (χ4v) is 4.66. The highest BCUT2D eigenvalue weighted by molar-refractivity contribution is 7.15. The van der Waals surface area contributed by atoms with Gasteiger partial charge >= 0.3 is 6.03 Å². The van der Waals surface area contributed by atoms with Gasteiger partial charge in [0.25, 0.3) is 0 Å². The molecule has 0 radical (unpaired) electrons. The molecule has 2 aliphatic heterocycles. The Bertz CT molecular complexity index is 575. The molecule has 2 unspecified atom stereocenters. The molecule has 2 fully saturated rings. The highest BCUT2D eigenvalue weighted by Crippen LogP contribution is 2.31. The van der Waals surface area contributed by atoms with E-state index in [1.165, 1.54) is 11.3 Å². The summed E-state index contributed by atoms with van der Waals surface area (Å²) < 4.78 is 5.39. The van der Waals surface area contributed by atoms with E-state index in [0.29, 0.717) is 17.1 Å². The number of urea groups is 1. The van der Waals surface area contributed by atoms with Gasteiger partial charge in [-0.05, 0) is 39.2 Å². The minimum absolute atomic E-state index is 0.0863. The fraction of sp³-hybridized carbons (Fsp3) is 0.824. The lowest BCUT2D eigenvalue weighted by Gasteiger charge is -2.40. The Labute approximate surface area is 153 Å². The van der Waals surface area contributed by atoms with Gasteiger partial charge in [0.1, 0.15) is 5.01 Å². The van der Waals surface area contributed by atoms with Gasteiger partial charge < -0.3 is 14.5 Å². The van der Waals surface area contributed by atoms with E-state index in [4.69, 9.17) is 4.74 Å². The first kappa shape index (κ1) is 18.5. The molecule has 0 saturated carbocycles. The number of ether oxygens (including phenoxy) is 1. The first-order chi connectivity index (χ1) is 12.1. The zero-order valence-corrected chi connectivity index (χ0v) is 16.2. The minimum Gasteiger partial charge on any atom is -0.381 e. The summed E-state index contributed by atoms with van der Waals surface area (Å²) in [5.74, 6) is 0.411. The molecule has 3 rings (SSSR count). The van der Waals surface area contributed by atoms with Crippen LogP contribution < -0.4 is 5.32 Å². The fourth-order valence-electron chi connectivity index (χ4n) is 3.76. The summed E-state index contributed by atoms with van der Waals surface area (Å²) in [4.78, 5) is 16.9. The monoisotopic (exact) mass is 367 g/mol. The summed E-state index contributed by atoms with van der Waals surface area (Å²) in [7, 11) is 1.88. The van der Waals surface area contributed by atoms with E-state index in [0.717, 1.165) is 57.0 Å². The number of nitrogens with zero attached hydrogens (tertiary/aromatic N) is 4. The number of piperidine rings is 1. The summed E-state index contributed by atoms with van der Waals surface area (Å²) in [6.45, 7) is 8.12. The lowest BCUT2D eigenvalue weighted by Crippen LogP contribution is -2.50. The van der Waals surface area contributed by atoms with Gasteiger partial charge in [0.15, 0.2) is 0 Å². The predicted octanol–water partition coefficient (Wildman–Crippen LogP) is 2.77. The molecule has 2 saturated heterocycles. The number of hydrogen-bond donors (Lipinski definition) is 1. The topological polar surface area (TPSA) is 70.6 Å². The summed E-state index contributed by atoms with van der Waals surface area (Å²) in [5, 5.41) is 13.0. The van der Waals surface area contributed by atoms with Crippen LogP contribution in [0.3, 0.4) is 0 Å². The zero-order valence-electron chi connectivity index (χ0n) is 15.4. The van der Waals surface area contributed by atoms with Crippen molar-refractivity contribution in [1.82, 2.24) is 20.0 Å². The summed E-state index contributed by atoms with van der Waals surface area (Å²) in [6, 6.07) is 0.707. The van der Waals surface area contributed by atoms with Crippen molar-refractivity contribution in [3.05, 3.63) is 5.01 Å². The molecule has 0 aromatic carbocycles. The Morgan fingerprint density at radius 2 is 2.12 bits per heavy atom. The van der Waals surface area contributed by atoms with Crippen LogP contribution in [0.25, 0.3) is 0 Å². The molecule has 2 aliphatic rings. The Kier molecular flexibility index (Phi) is 6.24. The number of rotatable bonds is 4. The van der Waals surface area contributed by atoms with Crippen LogP contribution in [0.1, 0.15) is 50.5 Å².